The molecular weight excluding hydrogens is 144 g/mol. The molecule has 0 unspecified atom stereocenters. The van der Waals surface area contributed by atoms with Crippen molar-refractivity contribution in [2.45, 2.75) is 6.10 Å². The lowest BCUT2D eigenvalue weighted by molar-refractivity contribution is 0.141. The van der Waals surface area contributed by atoms with Crippen molar-refractivity contribution in [1.82, 2.24) is 15.2 Å². The maximum absolute atomic E-state index is 8.97. The molecule has 0 aromatic carbocycles. The van der Waals surface area contributed by atoms with Gasteiger partial charge < -0.3 is 10.0 Å². The van der Waals surface area contributed by atoms with Gasteiger partial charge in [-0.1, -0.05) is 0 Å². The van der Waals surface area contributed by atoms with Gasteiger partial charge in [-0.2, -0.15) is 5.10 Å². The molecule has 1 aromatic heterocycles. The first-order valence-electron chi connectivity index (χ1n) is 3.42. The Morgan fingerprint density at radius 1 is 1.45 bits per heavy atom. The monoisotopic (exact) mass is 152 g/mol. The van der Waals surface area contributed by atoms with Gasteiger partial charge in [0.15, 0.2) is 5.82 Å². The van der Waals surface area contributed by atoms with Crippen molar-refractivity contribution in [2.75, 3.05) is 18.0 Å². The maximum Gasteiger partial charge on any atom is 0.151 e. The molecule has 2 rings (SSSR count). The van der Waals surface area contributed by atoms with Gasteiger partial charge in [-0.05, 0) is 0 Å². The first kappa shape index (κ1) is 6.48. The molecule has 0 aliphatic carbocycles. The number of hydrogen-bond acceptors (Lipinski definition) is 5. The molecule has 0 saturated carbocycles. The summed E-state index contributed by atoms with van der Waals surface area (Å²) >= 11 is 0. The normalized spacial score (nSPS) is 18.1. The Morgan fingerprint density at radius 2 is 2.27 bits per heavy atom. The lowest BCUT2D eigenvalue weighted by Gasteiger charge is -2.36. The van der Waals surface area contributed by atoms with Gasteiger partial charge in [0.1, 0.15) is 6.33 Å². The van der Waals surface area contributed by atoms with Gasteiger partial charge in [-0.3, -0.25) is 0 Å². The van der Waals surface area contributed by atoms with Gasteiger partial charge in [0.05, 0.1) is 12.3 Å². The molecule has 1 fully saturated rings. The fourth-order valence-electron chi connectivity index (χ4n) is 1.04. The molecule has 0 amide bonds. The molecule has 1 N–H and O–H groups in total. The van der Waals surface area contributed by atoms with E-state index < -0.39 is 0 Å². The van der Waals surface area contributed by atoms with Crippen molar-refractivity contribution in [1.29, 1.82) is 0 Å². The molecule has 5 heteroatoms. The Kier molecular flexibility index (Phi) is 1.43. The summed E-state index contributed by atoms with van der Waals surface area (Å²) in [6.07, 6.45) is 2.79. The summed E-state index contributed by atoms with van der Waals surface area (Å²) in [7, 11) is 0. The Hall–Kier alpha value is -1.23. The van der Waals surface area contributed by atoms with Crippen LogP contribution in [0.2, 0.25) is 0 Å². The topological polar surface area (TPSA) is 62.1 Å². The molecular formula is C6H8N4O. The van der Waals surface area contributed by atoms with Crippen molar-refractivity contribution in [3.05, 3.63) is 12.5 Å². The predicted octanol–water partition coefficient (Wildman–Crippen LogP) is -0.948. The van der Waals surface area contributed by atoms with Crippen LogP contribution < -0.4 is 4.90 Å². The number of aliphatic hydroxyl groups is 1. The van der Waals surface area contributed by atoms with E-state index in [1.165, 1.54) is 6.33 Å². The van der Waals surface area contributed by atoms with Crippen molar-refractivity contribution in [3.63, 3.8) is 0 Å². The van der Waals surface area contributed by atoms with Crippen molar-refractivity contribution in [2.24, 2.45) is 0 Å². The number of anilines is 1. The number of nitrogens with zero attached hydrogens (tertiary/aromatic N) is 4. The van der Waals surface area contributed by atoms with Crippen LogP contribution in [0.5, 0.6) is 0 Å². The van der Waals surface area contributed by atoms with E-state index in [1.54, 1.807) is 6.20 Å². The fourth-order valence-corrected chi connectivity index (χ4v) is 1.04. The third kappa shape index (κ3) is 1.14. The number of β-amino-alcohol motifs (C(OH)–C–C–N with tert-alkyl or cyclic N) is 1. The van der Waals surface area contributed by atoms with Gasteiger partial charge in [0.25, 0.3) is 0 Å². The molecule has 0 spiro atoms. The van der Waals surface area contributed by atoms with Crippen LogP contribution in [0.1, 0.15) is 0 Å². The minimum Gasteiger partial charge on any atom is -0.389 e. The van der Waals surface area contributed by atoms with E-state index in [0.29, 0.717) is 13.1 Å². The zero-order chi connectivity index (χ0) is 7.68. The molecule has 0 radical (unpaired) electrons. The first-order chi connectivity index (χ1) is 5.36. The molecule has 0 atom stereocenters. The Bertz CT molecular complexity index is 234. The standard InChI is InChI=1S/C6H8N4O/c11-5-2-10(3-5)6-1-8-9-4-7-6/h1,4-5,11H,2-3H2. The fraction of sp³-hybridized carbons (Fsp3) is 0.500. The van der Waals surface area contributed by atoms with Crippen LogP contribution >= 0.6 is 0 Å². The van der Waals surface area contributed by atoms with Crippen LogP contribution in [-0.2, 0) is 0 Å². The van der Waals surface area contributed by atoms with E-state index >= 15 is 0 Å². The molecule has 1 aliphatic heterocycles. The molecule has 11 heavy (non-hydrogen) atoms. The highest BCUT2D eigenvalue weighted by molar-refractivity contribution is 5.38. The molecule has 2 heterocycles. The molecule has 1 aromatic rings. The average Bonchev–Trinajstić information content (AvgIpc) is 2.01. The number of rotatable bonds is 1. The highest BCUT2D eigenvalue weighted by Crippen LogP contribution is 2.15. The first-order valence-corrected chi connectivity index (χ1v) is 3.42. The quantitative estimate of drug-likeness (QED) is 0.562. The van der Waals surface area contributed by atoms with Crippen LogP contribution in [0, 0.1) is 0 Å². The third-order valence-electron chi connectivity index (χ3n) is 1.67. The zero-order valence-electron chi connectivity index (χ0n) is 5.88. The SMILES string of the molecule is OC1CN(c2cnncn2)C1. The molecule has 0 bridgehead atoms. The highest BCUT2D eigenvalue weighted by atomic mass is 16.3. The summed E-state index contributed by atoms with van der Waals surface area (Å²) in [6.45, 7) is 1.30. The number of hydrogen-bond donors (Lipinski definition) is 1. The number of aromatic nitrogens is 3. The predicted molar refractivity (Wildman–Crippen MR) is 38.0 cm³/mol. The van der Waals surface area contributed by atoms with Gasteiger partial charge in [0.2, 0.25) is 0 Å². The van der Waals surface area contributed by atoms with E-state index in [9.17, 15) is 0 Å². The second-order valence-corrected chi connectivity index (χ2v) is 2.52. The van der Waals surface area contributed by atoms with E-state index in [2.05, 4.69) is 15.2 Å². The lowest BCUT2D eigenvalue weighted by atomic mass is 10.2. The average molecular weight is 152 g/mol. The van der Waals surface area contributed by atoms with Gasteiger partial charge >= 0.3 is 0 Å². The highest BCUT2D eigenvalue weighted by Gasteiger charge is 2.25. The minimum absolute atomic E-state index is 0.204. The Labute approximate surface area is 63.7 Å². The van der Waals surface area contributed by atoms with Crippen molar-refractivity contribution < 1.29 is 5.11 Å². The van der Waals surface area contributed by atoms with Crippen molar-refractivity contribution >= 4 is 5.82 Å². The van der Waals surface area contributed by atoms with E-state index in [4.69, 9.17) is 5.11 Å². The van der Waals surface area contributed by atoms with E-state index in [-0.39, 0.29) is 6.10 Å². The second-order valence-electron chi connectivity index (χ2n) is 2.52. The van der Waals surface area contributed by atoms with Gasteiger partial charge in [0, 0.05) is 13.1 Å². The summed E-state index contributed by atoms with van der Waals surface area (Å²) < 4.78 is 0. The van der Waals surface area contributed by atoms with Crippen LogP contribution in [0.25, 0.3) is 0 Å². The summed E-state index contributed by atoms with van der Waals surface area (Å²) in [6, 6.07) is 0. The maximum atomic E-state index is 8.97. The Morgan fingerprint density at radius 3 is 2.82 bits per heavy atom. The summed E-state index contributed by atoms with van der Waals surface area (Å²) in [5.74, 6) is 0.783. The van der Waals surface area contributed by atoms with Crippen LogP contribution in [0.15, 0.2) is 12.5 Å². The summed E-state index contributed by atoms with van der Waals surface area (Å²) in [4.78, 5) is 5.92. The van der Waals surface area contributed by atoms with E-state index in [0.717, 1.165) is 5.82 Å². The Balaban J connectivity index is 2.08. The summed E-state index contributed by atoms with van der Waals surface area (Å²) in [5, 5.41) is 16.2. The number of aliphatic hydroxyl groups excluding tert-OH is 1. The summed E-state index contributed by atoms with van der Waals surface area (Å²) in [5.41, 5.74) is 0. The second kappa shape index (κ2) is 2.43. The molecule has 1 saturated heterocycles. The van der Waals surface area contributed by atoms with Crippen LogP contribution in [-0.4, -0.2) is 39.5 Å². The minimum atomic E-state index is -0.204. The molecule has 58 valence electrons. The van der Waals surface area contributed by atoms with Crippen LogP contribution in [0.4, 0.5) is 5.82 Å². The lowest BCUT2D eigenvalue weighted by Crippen LogP contribution is -2.51. The van der Waals surface area contributed by atoms with Gasteiger partial charge in [-0.15, -0.1) is 5.10 Å². The van der Waals surface area contributed by atoms with Gasteiger partial charge in [-0.25, -0.2) is 4.98 Å². The smallest absolute Gasteiger partial charge is 0.151 e. The third-order valence-corrected chi connectivity index (χ3v) is 1.67. The zero-order valence-corrected chi connectivity index (χ0v) is 5.88. The molecule has 1 aliphatic rings. The molecule has 5 nitrogen and oxygen atoms in total. The largest absolute Gasteiger partial charge is 0.389 e. The van der Waals surface area contributed by atoms with Crippen LogP contribution in [0.3, 0.4) is 0 Å². The van der Waals surface area contributed by atoms with Crippen molar-refractivity contribution in [3.8, 4) is 0 Å². The van der Waals surface area contributed by atoms with E-state index in [1.807, 2.05) is 4.90 Å².